The van der Waals surface area contributed by atoms with Crippen LogP contribution in [0.15, 0.2) is 53.0 Å². The SMILES string of the molecule is CC(O)(CNC(=O)c1cc(-c2ccc(Br)cc2)n[nH]1)c1ccc(F)cc1F. The molecule has 1 amide bonds. The topological polar surface area (TPSA) is 78.0 Å². The molecule has 8 heteroatoms. The van der Waals surface area contributed by atoms with Gasteiger partial charge >= 0.3 is 0 Å². The van der Waals surface area contributed by atoms with Crippen molar-refractivity contribution in [2.45, 2.75) is 12.5 Å². The first-order valence-corrected chi connectivity index (χ1v) is 8.83. The molecule has 1 heterocycles. The number of aromatic nitrogens is 2. The van der Waals surface area contributed by atoms with Crippen LogP contribution in [0, 0.1) is 11.6 Å². The van der Waals surface area contributed by atoms with Crippen molar-refractivity contribution >= 4 is 21.8 Å². The number of rotatable bonds is 5. The summed E-state index contributed by atoms with van der Waals surface area (Å²) in [7, 11) is 0. The van der Waals surface area contributed by atoms with Crippen LogP contribution in [0.2, 0.25) is 0 Å². The van der Waals surface area contributed by atoms with E-state index >= 15 is 0 Å². The van der Waals surface area contributed by atoms with Crippen molar-refractivity contribution in [2.75, 3.05) is 6.54 Å². The molecule has 3 N–H and O–H groups in total. The number of hydrogen-bond acceptors (Lipinski definition) is 3. The molecular formula is C19H16BrF2N3O2. The highest BCUT2D eigenvalue weighted by atomic mass is 79.9. The van der Waals surface area contributed by atoms with Gasteiger partial charge in [0.1, 0.15) is 22.9 Å². The van der Waals surface area contributed by atoms with Gasteiger partial charge in [0.2, 0.25) is 0 Å². The van der Waals surface area contributed by atoms with Crippen molar-refractivity contribution in [3.8, 4) is 11.3 Å². The second kappa shape index (κ2) is 7.58. The van der Waals surface area contributed by atoms with E-state index in [1.165, 1.54) is 6.92 Å². The first-order valence-electron chi connectivity index (χ1n) is 8.04. The monoisotopic (exact) mass is 435 g/mol. The summed E-state index contributed by atoms with van der Waals surface area (Å²) in [5.41, 5.74) is -0.201. The number of aliphatic hydroxyl groups is 1. The van der Waals surface area contributed by atoms with E-state index in [2.05, 4.69) is 31.4 Å². The van der Waals surface area contributed by atoms with Gasteiger partial charge in [-0.3, -0.25) is 9.89 Å². The summed E-state index contributed by atoms with van der Waals surface area (Å²) < 4.78 is 27.8. The third-order valence-corrected chi connectivity index (χ3v) is 4.60. The summed E-state index contributed by atoms with van der Waals surface area (Å²) in [6.45, 7) is 1.07. The molecule has 0 spiro atoms. The van der Waals surface area contributed by atoms with Crippen molar-refractivity contribution < 1.29 is 18.7 Å². The van der Waals surface area contributed by atoms with Crippen LogP contribution < -0.4 is 5.32 Å². The molecule has 140 valence electrons. The molecule has 1 aromatic heterocycles. The van der Waals surface area contributed by atoms with Crippen LogP contribution in [0.1, 0.15) is 23.0 Å². The molecule has 1 unspecified atom stereocenters. The molecule has 5 nitrogen and oxygen atoms in total. The summed E-state index contributed by atoms with van der Waals surface area (Å²) in [6.07, 6.45) is 0. The zero-order chi connectivity index (χ0) is 19.6. The van der Waals surface area contributed by atoms with Gasteiger partial charge in [-0.25, -0.2) is 8.78 Å². The van der Waals surface area contributed by atoms with Gasteiger partial charge in [-0.1, -0.05) is 34.1 Å². The van der Waals surface area contributed by atoms with Gasteiger partial charge in [-0.2, -0.15) is 5.10 Å². The lowest BCUT2D eigenvalue weighted by molar-refractivity contribution is 0.0493. The molecule has 0 radical (unpaired) electrons. The Kier molecular flexibility index (Phi) is 5.38. The fourth-order valence-electron chi connectivity index (χ4n) is 2.58. The Balaban J connectivity index is 1.69. The number of aromatic amines is 1. The Hall–Kier alpha value is -2.58. The van der Waals surface area contributed by atoms with Crippen molar-refractivity contribution in [1.82, 2.24) is 15.5 Å². The standard InChI is InChI=1S/C19H16BrF2N3O2/c1-19(27,14-7-6-13(21)8-15(14)22)10-23-18(26)17-9-16(24-25-17)11-2-4-12(20)5-3-11/h2-9,27H,10H2,1H3,(H,23,26)(H,24,25). The lowest BCUT2D eigenvalue weighted by Gasteiger charge is -2.24. The molecule has 3 rings (SSSR count). The molecule has 27 heavy (non-hydrogen) atoms. The van der Waals surface area contributed by atoms with E-state index in [9.17, 15) is 18.7 Å². The largest absolute Gasteiger partial charge is 0.383 e. The zero-order valence-electron chi connectivity index (χ0n) is 14.3. The average molecular weight is 436 g/mol. The van der Waals surface area contributed by atoms with Crippen LogP contribution >= 0.6 is 15.9 Å². The fourth-order valence-corrected chi connectivity index (χ4v) is 2.84. The minimum Gasteiger partial charge on any atom is -0.383 e. The maximum atomic E-state index is 13.9. The summed E-state index contributed by atoms with van der Waals surface area (Å²) >= 11 is 3.35. The van der Waals surface area contributed by atoms with Crippen molar-refractivity contribution in [2.24, 2.45) is 0 Å². The van der Waals surface area contributed by atoms with Crippen LogP contribution in [0.25, 0.3) is 11.3 Å². The zero-order valence-corrected chi connectivity index (χ0v) is 15.8. The Morgan fingerprint density at radius 2 is 1.93 bits per heavy atom. The van der Waals surface area contributed by atoms with Gasteiger partial charge in [0.05, 0.1) is 12.2 Å². The van der Waals surface area contributed by atoms with Gasteiger partial charge in [0.25, 0.3) is 5.91 Å². The molecule has 2 aromatic carbocycles. The van der Waals surface area contributed by atoms with E-state index in [0.717, 1.165) is 22.2 Å². The predicted octanol–water partition coefficient (Wildman–Crippen LogP) is 3.75. The molecule has 0 aliphatic rings. The van der Waals surface area contributed by atoms with E-state index in [0.29, 0.717) is 11.8 Å². The van der Waals surface area contributed by atoms with Gasteiger partial charge in [-0.15, -0.1) is 0 Å². The number of H-pyrrole nitrogens is 1. The number of halogens is 3. The van der Waals surface area contributed by atoms with Crippen LogP contribution in [0.5, 0.6) is 0 Å². The Morgan fingerprint density at radius 3 is 2.59 bits per heavy atom. The van der Waals surface area contributed by atoms with E-state index < -0.39 is 23.1 Å². The minimum atomic E-state index is -1.71. The first kappa shape index (κ1) is 19.2. The number of nitrogens with one attached hydrogen (secondary N) is 2. The highest BCUT2D eigenvalue weighted by Crippen LogP contribution is 2.24. The summed E-state index contributed by atoms with van der Waals surface area (Å²) in [4.78, 5) is 12.3. The van der Waals surface area contributed by atoms with Crippen molar-refractivity contribution in [1.29, 1.82) is 0 Å². The van der Waals surface area contributed by atoms with Crippen molar-refractivity contribution in [3.63, 3.8) is 0 Å². The Labute approximate surface area is 162 Å². The molecule has 0 saturated carbocycles. The van der Waals surface area contributed by atoms with Gasteiger partial charge < -0.3 is 10.4 Å². The lowest BCUT2D eigenvalue weighted by atomic mass is 9.95. The molecule has 0 aliphatic heterocycles. The maximum Gasteiger partial charge on any atom is 0.269 e. The highest BCUT2D eigenvalue weighted by molar-refractivity contribution is 9.10. The van der Waals surface area contributed by atoms with Crippen LogP contribution in [-0.4, -0.2) is 27.8 Å². The highest BCUT2D eigenvalue weighted by Gasteiger charge is 2.28. The Morgan fingerprint density at radius 1 is 1.22 bits per heavy atom. The second-order valence-corrected chi connectivity index (χ2v) is 7.17. The third-order valence-electron chi connectivity index (χ3n) is 4.07. The molecule has 0 fully saturated rings. The van der Waals surface area contributed by atoms with Crippen molar-refractivity contribution in [3.05, 3.63) is 75.9 Å². The predicted molar refractivity (Wildman–Crippen MR) is 100.0 cm³/mol. The van der Waals surface area contributed by atoms with Gasteiger partial charge in [0, 0.05) is 21.7 Å². The first-order chi connectivity index (χ1) is 12.8. The van der Waals surface area contributed by atoms with Crippen LogP contribution in [-0.2, 0) is 5.60 Å². The molecule has 0 aliphatic carbocycles. The van der Waals surface area contributed by atoms with E-state index in [-0.39, 0.29) is 17.8 Å². The number of carbonyl (C=O) groups excluding carboxylic acids is 1. The summed E-state index contributed by atoms with van der Waals surface area (Å²) in [6, 6.07) is 11.9. The summed E-state index contributed by atoms with van der Waals surface area (Å²) in [5.74, 6) is -2.13. The van der Waals surface area contributed by atoms with Gasteiger partial charge in [0.15, 0.2) is 0 Å². The average Bonchev–Trinajstić information content (AvgIpc) is 3.10. The summed E-state index contributed by atoms with van der Waals surface area (Å²) in [5, 5.41) is 19.7. The number of nitrogens with zero attached hydrogens (tertiary/aromatic N) is 1. The quantitative estimate of drug-likeness (QED) is 0.570. The number of amides is 1. The van der Waals surface area contributed by atoms with E-state index in [1.807, 2.05) is 24.3 Å². The minimum absolute atomic E-state index is 0.107. The second-order valence-electron chi connectivity index (χ2n) is 6.25. The molecule has 3 aromatic rings. The smallest absolute Gasteiger partial charge is 0.269 e. The van der Waals surface area contributed by atoms with E-state index in [1.54, 1.807) is 6.07 Å². The van der Waals surface area contributed by atoms with Gasteiger partial charge in [-0.05, 0) is 31.2 Å². The molecule has 0 saturated heterocycles. The normalized spacial score (nSPS) is 13.2. The molecule has 0 bridgehead atoms. The van der Waals surface area contributed by atoms with Crippen LogP contribution in [0.4, 0.5) is 8.78 Å². The Bertz CT molecular complexity index is 971. The van der Waals surface area contributed by atoms with Crippen LogP contribution in [0.3, 0.4) is 0 Å². The number of carbonyl (C=O) groups is 1. The molecule has 1 atom stereocenters. The molecular weight excluding hydrogens is 420 g/mol. The third kappa shape index (κ3) is 4.40. The maximum absolute atomic E-state index is 13.9. The van der Waals surface area contributed by atoms with E-state index in [4.69, 9.17) is 0 Å². The number of benzene rings is 2. The lowest BCUT2D eigenvalue weighted by Crippen LogP contribution is -2.39. The number of hydrogen-bond donors (Lipinski definition) is 3. The fraction of sp³-hybridized carbons (Fsp3) is 0.158.